The summed E-state index contributed by atoms with van der Waals surface area (Å²) in [6.07, 6.45) is 0. The molecule has 4 N–H and O–H groups in total. The molecule has 98 valence electrons. The quantitative estimate of drug-likeness (QED) is 0.510. The molecule has 8 heteroatoms. The van der Waals surface area contributed by atoms with Crippen LogP contribution in [0.25, 0.3) is 0 Å². The normalized spacial score (nSPS) is 12.1. The van der Waals surface area contributed by atoms with E-state index in [1.807, 2.05) is 0 Å². The van der Waals surface area contributed by atoms with E-state index in [0.717, 1.165) is 11.8 Å². The number of H-pyrrole nitrogens is 1. The lowest BCUT2D eigenvalue weighted by Crippen LogP contribution is -2.23. The molecule has 1 heterocycles. The van der Waals surface area contributed by atoms with Crippen LogP contribution in [0.15, 0.2) is 9.82 Å². The Balaban J connectivity index is 3.04. The number of hydrogen-bond acceptors (Lipinski definition) is 5. The number of primary amides is 1. The SMILES string of the molecule is Cc1[nH]c(=O)nc(SCC(C)C(N)=O)c1C(=O)O. The number of hydrogen-bond donors (Lipinski definition) is 3. The lowest BCUT2D eigenvalue weighted by Gasteiger charge is -2.09. The van der Waals surface area contributed by atoms with Gasteiger partial charge in [0.1, 0.15) is 10.6 Å². The molecule has 1 atom stereocenters. The molecule has 1 aromatic heterocycles. The maximum absolute atomic E-state index is 11.2. The van der Waals surface area contributed by atoms with Crippen molar-refractivity contribution in [1.29, 1.82) is 0 Å². The molecule has 1 unspecified atom stereocenters. The van der Waals surface area contributed by atoms with Crippen LogP contribution >= 0.6 is 11.8 Å². The number of carbonyl (C=O) groups is 2. The summed E-state index contributed by atoms with van der Waals surface area (Å²) >= 11 is 1.03. The van der Waals surface area contributed by atoms with Crippen LogP contribution in [0, 0.1) is 12.8 Å². The largest absolute Gasteiger partial charge is 0.478 e. The molecular formula is C10H13N3O4S. The van der Waals surface area contributed by atoms with Gasteiger partial charge in [0.15, 0.2) is 0 Å². The highest BCUT2D eigenvalue weighted by Crippen LogP contribution is 2.22. The fourth-order valence-corrected chi connectivity index (χ4v) is 2.31. The zero-order chi connectivity index (χ0) is 13.9. The Kier molecular flexibility index (Phi) is 4.49. The molecule has 0 aliphatic carbocycles. The molecule has 1 amide bonds. The van der Waals surface area contributed by atoms with Crippen LogP contribution in [-0.4, -0.2) is 32.7 Å². The van der Waals surface area contributed by atoms with Crippen LogP contribution in [-0.2, 0) is 4.79 Å². The van der Waals surface area contributed by atoms with Crippen molar-refractivity contribution in [3.8, 4) is 0 Å². The second kappa shape index (κ2) is 5.67. The minimum absolute atomic E-state index is 0.0590. The number of carboxylic acids is 1. The Hall–Kier alpha value is -1.83. The topological polar surface area (TPSA) is 126 Å². The van der Waals surface area contributed by atoms with E-state index in [0.29, 0.717) is 0 Å². The fourth-order valence-electron chi connectivity index (χ4n) is 1.20. The highest BCUT2D eigenvalue weighted by atomic mass is 32.2. The molecule has 1 aromatic rings. The van der Waals surface area contributed by atoms with E-state index < -0.39 is 23.5 Å². The van der Waals surface area contributed by atoms with Crippen molar-refractivity contribution < 1.29 is 14.7 Å². The third-order valence-corrected chi connectivity index (χ3v) is 3.49. The number of aryl methyl sites for hydroxylation is 1. The molecule has 0 radical (unpaired) electrons. The third kappa shape index (κ3) is 3.33. The molecular weight excluding hydrogens is 258 g/mol. The van der Waals surface area contributed by atoms with E-state index in [4.69, 9.17) is 10.8 Å². The van der Waals surface area contributed by atoms with Gasteiger partial charge in [0.05, 0.1) is 0 Å². The minimum Gasteiger partial charge on any atom is -0.478 e. The summed E-state index contributed by atoms with van der Waals surface area (Å²) in [7, 11) is 0. The van der Waals surface area contributed by atoms with Crippen LogP contribution in [0.3, 0.4) is 0 Å². The van der Waals surface area contributed by atoms with Gasteiger partial charge < -0.3 is 15.8 Å². The zero-order valence-electron chi connectivity index (χ0n) is 9.89. The Bertz CT molecular complexity index is 540. The van der Waals surface area contributed by atoms with Gasteiger partial charge in [0.2, 0.25) is 5.91 Å². The molecule has 0 spiro atoms. The molecule has 18 heavy (non-hydrogen) atoms. The molecule has 0 bridgehead atoms. The van der Waals surface area contributed by atoms with Gasteiger partial charge >= 0.3 is 11.7 Å². The third-order valence-electron chi connectivity index (χ3n) is 2.26. The van der Waals surface area contributed by atoms with Crippen LogP contribution < -0.4 is 11.4 Å². The number of aromatic carboxylic acids is 1. The lowest BCUT2D eigenvalue weighted by atomic mass is 10.2. The molecule has 0 aliphatic heterocycles. The van der Waals surface area contributed by atoms with Crippen molar-refractivity contribution in [1.82, 2.24) is 9.97 Å². The van der Waals surface area contributed by atoms with Crippen molar-refractivity contribution in [2.45, 2.75) is 18.9 Å². The van der Waals surface area contributed by atoms with Crippen molar-refractivity contribution in [2.75, 3.05) is 5.75 Å². The second-order valence-corrected chi connectivity index (χ2v) is 4.78. The van der Waals surface area contributed by atoms with E-state index in [-0.39, 0.29) is 22.0 Å². The Morgan fingerprint density at radius 3 is 2.67 bits per heavy atom. The van der Waals surface area contributed by atoms with E-state index in [9.17, 15) is 14.4 Å². The predicted octanol–water partition coefficient (Wildman–Crippen LogP) is -0.00998. The van der Waals surface area contributed by atoms with E-state index in [1.165, 1.54) is 6.92 Å². The van der Waals surface area contributed by atoms with E-state index in [1.54, 1.807) is 6.92 Å². The Labute approximate surface area is 107 Å². The standard InChI is InChI=1S/C10H13N3O4S/c1-4(7(11)14)3-18-8-6(9(15)16)5(2)12-10(17)13-8/h4H,3H2,1-2H3,(H2,11,14)(H,15,16)(H,12,13,17). The van der Waals surface area contributed by atoms with E-state index >= 15 is 0 Å². The first-order chi connectivity index (χ1) is 8.32. The van der Waals surface area contributed by atoms with Crippen LogP contribution in [0.4, 0.5) is 0 Å². The van der Waals surface area contributed by atoms with Crippen molar-refractivity contribution in [2.24, 2.45) is 11.7 Å². The summed E-state index contributed by atoms with van der Waals surface area (Å²) in [5.41, 5.74) is 4.66. The second-order valence-electron chi connectivity index (χ2n) is 3.77. The number of carbonyl (C=O) groups excluding carboxylic acids is 1. The van der Waals surface area contributed by atoms with Gasteiger partial charge in [-0.2, -0.15) is 4.98 Å². The van der Waals surface area contributed by atoms with Gasteiger partial charge in [-0.05, 0) is 6.92 Å². The van der Waals surface area contributed by atoms with Crippen LogP contribution in [0.2, 0.25) is 0 Å². The maximum Gasteiger partial charge on any atom is 0.346 e. The number of carboxylic acid groups (broad SMARTS) is 1. The lowest BCUT2D eigenvalue weighted by molar-refractivity contribution is -0.120. The number of aromatic amines is 1. The fraction of sp³-hybridized carbons (Fsp3) is 0.400. The highest BCUT2D eigenvalue weighted by Gasteiger charge is 2.18. The number of nitrogens with two attached hydrogens (primary N) is 1. The van der Waals surface area contributed by atoms with Crippen molar-refractivity contribution in [3.63, 3.8) is 0 Å². The average Bonchev–Trinajstić information content (AvgIpc) is 2.23. The Morgan fingerprint density at radius 2 is 2.17 bits per heavy atom. The van der Waals surface area contributed by atoms with E-state index in [2.05, 4.69) is 9.97 Å². The smallest absolute Gasteiger partial charge is 0.346 e. The molecule has 0 saturated carbocycles. The summed E-state index contributed by atoms with van der Waals surface area (Å²) in [4.78, 5) is 39.1. The molecule has 0 saturated heterocycles. The number of nitrogens with one attached hydrogen (secondary N) is 1. The minimum atomic E-state index is -1.18. The van der Waals surface area contributed by atoms with Crippen LogP contribution in [0.5, 0.6) is 0 Å². The number of nitrogens with zero attached hydrogens (tertiary/aromatic N) is 1. The van der Waals surface area contributed by atoms with Gasteiger partial charge in [-0.3, -0.25) is 4.79 Å². The molecule has 1 rings (SSSR count). The average molecular weight is 271 g/mol. The predicted molar refractivity (Wildman–Crippen MR) is 65.6 cm³/mol. The van der Waals surface area contributed by atoms with Crippen molar-refractivity contribution in [3.05, 3.63) is 21.7 Å². The van der Waals surface area contributed by atoms with Gasteiger partial charge in [0, 0.05) is 17.4 Å². The number of rotatable bonds is 5. The number of thioether (sulfide) groups is 1. The Morgan fingerprint density at radius 1 is 1.56 bits per heavy atom. The highest BCUT2D eigenvalue weighted by molar-refractivity contribution is 7.99. The van der Waals surface area contributed by atoms with Gasteiger partial charge in [-0.1, -0.05) is 6.92 Å². The summed E-state index contributed by atoms with van der Waals surface area (Å²) in [5, 5.41) is 9.14. The molecule has 7 nitrogen and oxygen atoms in total. The number of aromatic nitrogens is 2. The van der Waals surface area contributed by atoms with Gasteiger partial charge in [-0.15, -0.1) is 11.8 Å². The summed E-state index contributed by atoms with van der Waals surface area (Å²) in [5.74, 6) is -1.82. The zero-order valence-corrected chi connectivity index (χ0v) is 10.7. The molecule has 0 aliphatic rings. The van der Waals surface area contributed by atoms with Gasteiger partial charge in [0.25, 0.3) is 0 Å². The van der Waals surface area contributed by atoms with Crippen molar-refractivity contribution >= 4 is 23.6 Å². The van der Waals surface area contributed by atoms with Crippen LogP contribution in [0.1, 0.15) is 23.0 Å². The first-order valence-corrected chi connectivity index (χ1v) is 6.07. The summed E-state index contributed by atoms with van der Waals surface area (Å²) in [6, 6.07) is 0. The molecule has 0 fully saturated rings. The first-order valence-electron chi connectivity index (χ1n) is 5.09. The molecule has 0 aromatic carbocycles. The monoisotopic (exact) mass is 271 g/mol. The summed E-state index contributed by atoms with van der Waals surface area (Å²) in [6.45, 7) is 3.10. The van der Waals surface area contributed by atoms with Gasteiger partial charge in [-0.25, -0.2) is 9.59 Å². The maximum atomic E-state index is 11.2. The number of amides is 1. The summed E-state index contributed by atoms with van der Waals surface area (Å²) < 4.78 is 0. The first kappa shape index (κ1) is 14.2.